The van der Waals surface area contributed by atoms with Crippen LogP contribution in [0.3, 0.4) is 0 Å². The number of furan rings is 1. The van der Waals surface area contributed by atoms with Crippen molar-refractivity contribution < 1.29 is 9.15 Å². The second kappa shape index (κ2) is 10.5. The van der Waals surface area contributed by atoms with E-state index in [2.05, 4.69) is 66.2 Å². The Hall–Kier alpha value is -2.41. The van der Waals surface area contributed by atoms with Crippen LogP contribution in [0.15, 0.2) is 52.9 Å². The van der Waals surface area contributed by atoms with Crippen molar-refractivity contribution in [2.45, 2.75) is 33.2 Å². The van der Waals surface area contributed by atoms with Crippen LogP contribution in [0, 0.1) is 13.8 Å². The molecular weight excluding hydrogens is 418 g/mol. The fourth-order valence-corrected chi connectivity index (χ4v) is 4.56. The molecule has 4 rings (SSSR count). The molecule has 0 bridgehead atoms. The average molecular weight is 452 g/mol. The summed E-state index contributed by atoms with van der Waals surface area (Å²) < 4.78 is 11.7. The van der Waals surface area contributed by atoms with Crippen LogP contribution in [-0.2, 0) is 4.74 Å². The molecule has 1 aliphatic rings. The van der Waals surface area contributed by atoms with E-state index in [-0.39, 0.29) is 6.04 Å². The average Bonchev–Trinajstić information content (AvgIpc) is 3.24. The summed E-state index contributed by atoms with van der Waals surface area (Å²) >= 11 is 5.93. The van der Waals surface area contributed by atoms with Gasteiger partial charge in [0.2, 0.25) is 0 Å². The Morgan fingerprint density at radius 2 is 1.91 bits per heavy atom. The lowest BCUT2D eigenvalue weighted by molar-refractivity contribution is 0.0365. The van der Waals surface area contributed by atoms with Gasteiger partial charge in [-0.15, -0.1) is 0 Å². The normalized spacial score (nSPS) is 15.6. The topological polar surface area (TPSA) is 40.9 Å². The Morgan fingerprint density at radius 3 is 2.69 bits per heavy atom. The molecular formula is C26H33N3O2S. The molecule has 3 aromatic rings. The van der Waals surface area contributed by atoms with Crippen molar-refractivity contribution >= 4 is 34.0 Å². The molecule has 0 aliphatic carbocycles. The predicted octanol–water partition coefficient (Wildman–Crippen LogP) is 5.53. The molecule has 0 unspecified atom stereocenters. The van der Waals surface area contributed by atoms with E-state index in [0.717, 1.165) is 73.3 Å². The molecule has 1 aromatic heterocycles. The van der Waals surface area contributed by atoms with Gasteiger partial charge in [-0.1, -0.05) is 30.3 Å². The van der Waals surface area contributed by atoms with Gasteiger partial charge in [-0.05, 0) is 68.7 Å². The van der Waals surface area contributed by atoms with Crippen molar-refractivity contribution in [1.29, 1.82) is 0 Å². The predicted molar refractivity (Wildman–Crippen MR) is 135 cm³/mol. The van der Waals surface area contributed by atoms with E-state index >= 15 is 0 Å². The first-order valence-corrected chi connectivity index (χ1v) is 11.9. The number of para-hydroxylation sites is 1. The zero-order valence-corrected chi connectivity index (χ0v) is 20.1. The third kappa shape index (κ3) is 5.31. The van der Waals surface area contributed by atoms with E-state index in [9.17, 15) is 0 Å². The minimum atomic E-state index is 0.0252. The number of anilines is 1. The number of thiocarbonyl (C=S) groups is 1. The van der Waals surface area contributed by atoms with Crippen molar-refractivity contribution in [3.8, 4) is 0 Å². The minimum absolute atomic E-state index is 0.0252. The summed E-state index contributed by atoms with van der Waals surface area (Å²) in [5, 5.41) is 5.36. The Kier molecular flexibility index (Phi) is 7.45. The highest BCUT2D eigenvalue weighted by Gasteiger charge is 2.23. The zero-order valence-electron chi connectivity index (χ0n) is 19.3. The third-order valence-electron chi connectivity index (χ3n) is 6.41. The quantitative estimate of drug-likeness (QED) is 0.476. The van der Waals surface area contributed by atoms with E-state index in [4.69, 9.17) is 21.4 Å². The van der Waals surface area contributed by atoms with E-state index in [1.165, 1.54) is 11.1 Å². The fourth-order valence-electron chi connectivity index (χ4n) is 4.20. The summed E-state index contributed by atoms with van der Waals surface area (Å²) in [5.41, 5.74) is 4.45. The Balaban J connectivity index is 1.51. The molecule has 1 saturated heterocycles. The summed E-state index contributed by atoms with van der Waals surface area (Å²) in [6.07, 6.45) is 1.03. The number of hydrogen-bond acceptors (Lipinski definition) is 4. The highest BCUT2D eigenvalue weighted by atomic mass is 32.1. The van der Waals surface area contributed by atoms with Gasteiger partial charge in [0.05, 0.1) is 19.3 Å². The molecule has 0 amide bonds. The summed E-state index contributed by atoms with van der Waals surface area (Å²) in [6, 6.07) is 16.6. The van der Waals surface area contributed by atoms with Crippen LogP contribution in [0.1, 0.15) is 36.3 Å². The molecule has 0 spiro atoms. The maximum absolute atomic E-state index is 6.19. The maximum atomic E-state index is 6.19. The summed E-state index contributed by atoms with van der Waals surface area (Å²) in [7, 11) is 0. The molecule has 1 N–H and O–H groups in total. The van der Waals surface area contributed by atoms with Crippen molar-refractivity contribution in [2.75, 3.05) is 44.7 Å². The van der Waals surface area contributed by atoms with Gasteiger partial charge in [-0.25, -0.2) is 0 Å². The van der Waals surface area contributed by atoms with E-state index in [0.29, 0.717) is 0 Å². The lowest BCUT2D eigenvalue weighted by Crippen LogP contribution is -2.41. The van der Waals surface area contributed by atoms with Crippen LogP contribution in [0.25, 0.3) is 11.0 Å². The van der Waals surface area contributed by atoms with Gasteiger partial charge < -0.3 is 19.4 Å². The second-order valence-corrected chi connectivity index (χ2v) is 8.93. The molecule has 2 heterocycles. The SMILES string of the molecule is Cc1cccc(NC(=S)N(CCCN2CCOCC2)[C@H](C)c2cc3ccccc3o2)c1C. The van der Waals surface area contributed by atoms with Gasteiger partial charge in [0, 0.05) is 37.3 Å². The smallest absolute Gasteiger partial charge is 0.174 e. The number of nitrogens with one attached hydrogen (secondary N) is 1. The standard InChI is InChI=1S/C26H33N3O2S/c1-19-8-6-10-23(20(19)2)27-26(32)29(13-7-12-28-14-16-30-17-15-28)21(3)25-18-22-9-4-5-11-24(22)31-25/h4-6,8-11,18,21H,7,12-17H2,1-3H3,(H,27,32)/t21-/m1/s1. The Bertz CT molecular complexity index is 1030. The second-order valence-electron chi connectivity index (χ2n) is 8.54. The summed E-state index contributed by atoms with van der Waals surface area (Å²) in [4.78, 5) is 4.73. The number of aryl methyl sites for hydroxylation is 1. The highest BCUT2D eigenvalue weighted by molar-refractivity contribution is 7.80. The van der Waals surface area contributed by atoms with Gasteiger partial charge in [0.25, 0.3) is 0 Å². The van der Waals surface area contributed by atoms with Gasteiger partial charge >= 0.3 is 0 Å². The van der Waals surface area contributed by atoms with Crippen molar-refractivity contribution in [1.82, 2.24) is 9.80 Å². The number of benzene rings is 2. The first-order chi connectivity index (χ1) is 15.5. The first-order valence-electron chi connectivity index (χ1n) is 11.5. The molecule has 170 valence electrons. The molecule has 1 aliphatic heterocycles. The van der Waals surface area contributed by atoms with Crippen molar-refractivity contribution in [3.63, 3.8) is 0 Å². The molecule has 0 radical (unpaired) electrons. The summed E-state index contributed by atoms with van der Waals surface area (Å²) in [6.45, 7) is 12.0. The van der Waals surface area contributed by atoms with Crippen LogP contribution in [0.4, 0.5) is 5.69 Å². The largest absolute Gasteiger partial charge is 0.459 e. The number of nitrogens with zero attached hydrogens (tertiary/aromatic N) is 2. The number of rotatable bonds is 7. The molecule has 1 fully saturated rings. The maximum Gasteiger partial charge on any atom is 0.174 e. The number of morpholine rings is 1. The first kappa shape index (κ1) is 22.8. The van der Waals surface area contributed by atoms with Gasteiger partial charge in [-0.3, -0.25) is 4.90 Å². The van der Waals surface area contributed by atoms with E-state index in [1.54, 1.807) is 0 Å². The Labute approximate surface area is 196 Å². The third-order valence-corrected chi connectivity index (χ3v) is 6.74. The molecule has 32 heavy (non-hydrogen) atoms. The molecule has 5 nitrogen and oxygen atoms in total. The lowest BCUT2D eigenvalue weighted by atomic mass is 10.1. The van der Waals surface area contributed by atoms with Crippen LogP contribution < -0.4 is 5.32 Å². The molecule has 1 atom stereocenters. The number of ether oxygens (including phenoxy) is 1. The van der Waals surface area contributed by atoms with E-state index in [1.807, 2.05) is 18.2 Å². The van der Waals surface area contributed by atoms with E-state index < -0.39 is 0 Å². The molecule has 6 heteroatoms. The summed E-state index contributed by atoms with van der Waals surface area (Å²) in [5.74, 6) is 0.933. The molecule has 2 aromatic carbocycles. The zero-order chi connectivity index (χ0) is 22.5. The highest BCUT2D eigenvalue weighted by Crippen LogP contribution is 2.29. The fraction of sp³-hybridized carbons (Fsp3) is 0.423. The van der Waals surface area contributed by atoms with Crippen LogP contribution in [0.2, 0.25) is 0 Å². The number of fused-ring (bicyclic) bond motifs is 1. The monoisotopic (exact) mass is 451 g/mol. The minimum Gasteiger partial charge on any atom is -0.459 e. The van der Waals surface area contributed by atoms with Crippen LogP contribution in [0.5, 0.6) is 0 Å². The lowest BCUT2D eigenvalue weighted by Gasteiger charge is -2.33. The van der Waals surface area contributed by atoms with Gasteiger partial charge in [0.1, 0.15) is 11.3 Å². The van der Waals surface area contributed by atoms with Crippen molar-refractivity contribution in [2.24, 2.45) is 0 Å². The van der Waals surface area contributed by atoms with Crippen LogP contribution in [-0.4, -0.2) is 54.3 Å². The Morgan fingerprint density at radius 1 is 1.12 bits per heavy atom. The van der Waals surface area contributed by atoms with Gasteiger partial charge in [0.15, 0.2) is 5.11 Å². The van der Waals surface area contributed by atoms with Gasteiger partial charge in [-0.2, -0.15) is 0 Å². The molecule has 0 saturated carbocycles. The van der Waals surface area contributed by atoms with Crippen molar-refractivity contribution in [3.05, 3.63) is 65.4 Å². The van der Waals surface area contributed by atoms with Crippen LogP contribution >= 0.6 is 12.2 Å². The number of hydrogen-bond donors (Lipinski definition) is 1.